The minimum absolute atomic E-state index is 0.0822. The number of aromatic nitrogens is 2. The van der Waals surface area contributed by atoms with Gasteiger partial charge in [-0.3, -0.25) is 4.79 Å². The third kappa shape index (κ3) is 5.39. The molecule has 1 atom stereocenters. The SMILES string of the molecule is O=C(CCOCC1CCCO1)Nc1ccnn1Cc1ccccc1Br. The van der Waals surface area contributed by atoms with E-state index in [0.717, 1.165) is 29.5 Å². The summed E-state index contributed by atoms with van der Waals surface area (Å²) in [6.07, 6.45) is 4.32. The Morgan fingerprint density at radius 1 is 1.40 bits per heavy atom. The van der Waals surface area contributed by atoms with E-state index in [9.17, 15) is 4.79 Å². The summed E-state index contributed by atoms with van der Waals surface area (Å²) < 4.78 is 13.8. The molecule has 0 bridgehead atoms. The zero-order valence-electron chi connectivity index (χ0n) is 14.0. The van der Waals surface area contributed by atoms with Crippen LogP contribution < -0.4 is 5.32 Å². The Morgan fingerprint density at radius 3 is 3.08 bits per heavy atom. The summed E-state index contributed by atoms with van der Waals surface area (Å²) in [6.45, 7) is 2.35. The lowest BCUT2D eigenvalue weighted by atomic mass is 10.2. The first-order valence-electron chi connectivity index (χ1n) is 8.47. The van der Waals surface area contributed by atoms with E-state index in [2.05, 4.69) is 26.3 Å². The van der Waals surface area contributed by atoms with Crippen LogP contribution in [-0.4, -0.2) is 41.6 Å². The van der Waals surface area contributed by atoms with Crippen LogP contribution in [0.2, 0.25) is 0 Å². The second kappa shape index (κ2) is 9.12. The fraction of sp³-hybridized carbons (Fsp3) is 0.444. The van der Waals surface area contributed by atoms with Gasteiger partial charge in [0.05, 0.1) is 38.5 Å². The Kier molecular flexibility index (Phi) is 6.61. The number of hydrogen-bond donors (Lipinski definition) is 1. The van der Waals surface area contributed by atoms with E-state index in [4.69, 9.17) is 9.47 Å². The lowest BCUT2D eigenvalue weighted by molar-refractivity contribution is -0.117. The fourth-order valence-corrected chi connectivity index (χ4v) is 3.12. The molecule has 0 saturated carbocycles. The molecule has 1 aromatic carbocycles. The quantitative estimate of drug-likeness (QED) is 0.682. The minimum atomic E-state index is -0.0822. The van der Waals surface area contributed by atoms with E-state index in [-0.39, 0.29) is 12.0 Å². The number of hydrogen-bond acceptors (Lipinski definition) is 4. The Balaban J connectivity index is 1.45. The van der Waals surface area contributed by atoms with Gasteiger partial charge in [0.25, 0.3) is 0 Å². The predicted molar refractivity (Wildman–Crippen MR) is 98.5 cm³/mol. The average molecular weight is 408 g/mol. The molecule has 1 aliphatic rings. The normalized spacial score (nSPS) is 16.9. The van der Waals surface area contributed by atoms with Crippen molar-refractivity contribution in [2.24, 2.45) is 0 Å². The summed E-state index contributed by atoms with van der Waals surface area (Å²) in [5, 5.41) is 7.18. The molecule has 0 aliphatic carbocycles. The number of carbonyl (C=O) groups is 1. The largest absolute Gasteiger partial charge is 0.378 e. The number of carbonyl (C=O) groups excluding carboxylic acids is 1. The smallest absolute Gasteiger partial charge is 0.227 e. The molecular weight excluding hydrogens is 386 g/mol. The summed E-state index contributed by atoms with van der Waals surface area (Å²) >= 11 is 3.53. The summed E-state index contributed by atoms with van der Waals surface area (Å²) in [7, 11) is 0. The highest BCUT2D eigenvalue weighted by molar-refractivity contribution is 9.10. The van der Waals surface area contributed by atoms with Crippen LogP contribution in [0, 0.1) is 0 Å². The van der Waals surface area contributed by atoms with Gasteiger partial charge < -0.3 is 14.8 Å². The first kappa shape index (κ1) is 18.1. The van der Waals surface area contributed by atoms with Crippen LogP contribution in [-0.2, 0) is 20.8 Å². The number of benzene rings is 1. The van der Waals surface area contributed by atoms with Gasteiger partial charge in [0.15, 0.2) is 0 Å². The first-order valence-corrected chi connectivity index (χ1v) is 9.26. The molecule has 25 heavy (non-hydrogen) atoms. The number of amides is 1. The third-order valence-corrected chi connectivity index (χ3v) is 4.84. The molecular formula is C18H22BrN3O3. The Morgan fingerprint density at radius 2 is 2.28 bits per heavy atom. The fourth-order valence-electron chi connectivity index (χ4n) is 2.71. The van der Waals surface area contributed by atoms with Gasteiger partial charge in [-0.2, -0.15) is 5.10 Å². The molecule has 3 rings (SSSR count). The maximum Gasteiger partial charge on any atom is 0.227 e. The van der Waals surface area contributed by atoms with E-state index in [0.29, 0.717) is 32.0 Å². The number of nitrogens with one attached hydrogen (secondary N) is 1. The summed E-state index contributed by atoms with van der Waals surface area (Å²) in [5.74, 6) is 0.598. The molecule has 2 aromatic rings. The van der Waals surface area contributed by atoms with Crippen LogP contribution in [0.4, 0.5) is 5.82 Å². The van der Waals surface area contributed by atoms with E-state index < -0.39 is 0 Å². The van der Waals surface area contributed by atoms with Gasteiger partial charge in [0.2, 0.25) is 5.91 Å². The second-order valence-electron chi connectivity index (χ2n) is 5.97. The zero-order valence-corrected chi connectivity index (χ0v) is 15.6. The molecule has 0 radical (unpaired) electrons. The molecule has 6 nitrogen and oxygen atoms in total. The van der Waals surface area contributed by atoms with Crippen molar-refractivity contribution in [3.05, 3.63) is 46.6 Å². The molecule has 1 aromatic heterocycles. The average Bonchev–Trinajstić information content (AvgIpc) is 3.26. The van der Waals surface area contributed by atoms with Crippen molar-refractivity contribution in [2.45, 2.75) is 31.9 Å². The number of anilines is 1. The van der Waals surface area contributed by atoms with E-state index >= 15 is 0 Å². The van der Waals surface area contributed by atoms with Crippen LogP contribution in [0.25, 0.3) is 0 Å². The number of ether oxygens (including phenoxy) is 2. The monoisotopic (exact) mass is 407 g/mol. The Bertz CT molecular complexity index is 698. The molecule has 2 heterocycles. The van der Waals surface area contributed by atoms with Gasteiger partial charge in [-0.25, -0.2) is 4.68 Å². The summed E-state index contributed by atoms with van der Waals surface area (Å²) in [5.41, 5.74) is 1.10. The molecule has 0 spiro atoms. The first-order chi connectivity index (χ1) is 12.2. The van der Waals surface area contributed by atoms with Gasteiger partial charge in [-0.1, -0.05) is 34.1 Å². The van der Waals surface area contributed by atoms with Crippen molar-refractivity contribution < 1.29 is 14.3 Å². The molecule has 134 valence electrons. The number of nitrogens with zero attached hydrogens (tertiary/aromatic N) is 2. The van der Waals surface area contributed by atoms with E-state index in [1.165, 1.54) is 0 Å². The Hall–Kier alpha value is -1.70. The number of halogens is 1. The van der Waals surface area contributed by atoms with Crippen LogP contribution >= 0.6 is 15.9 Å². The standard InChI is InChI=1S/C18H22BrN3O3/c19-16-6-2-1-4-14(16)12-22-17(7-9-20-22)21-18(23)8-11-24-13-15-5-3-10-25-15/h1-2,4,6-7,9,15H,3,5,8,10-13H2,(H,21,23). The highest BCUT2D eigenvalue weighted by Crippen LogP contribution is 2.19. The van der Waals surface area contributed by atoms with Gasteiger partial charge in [0.1, 0.15) is 5.82 Å². The van der Waals surface area contributed by atoms with Crippen LogP contribution in [0.15, 0.2) is 41.0 Å². The summed E-state index contributed by atoms with van der Waals surface area (Å²) in [6, 6.07) is 9.75. The zero-order chi connectivity index (χ0) is 17.5. The van der Waals surface area contributed by atoms with Crippen LogP contribution in [0.1, 0.15) is 24.8 Å². The van der Waals surface area contributed by atoms with Crippen molar-refractivity contribution in [2.75, 3.05) is 25.1 Å². The summed E-state index contributed by atoms with van der Waals surface area (Å²) in [4.78, 5) is 12.1. The van der Waals surface area contributed by atoms with Crippen LogP contribution in [0.3, 0.4) is 0 Å². The van der Waals surface area contributed by atoms with Gasteiger partial charge in [-0.15, -0.1) is 0 Å². The third-order valence-electron chi connectivity index (χ3n) is 4.06. The highest BCUT2D eigenvalue weighted by atomic mass is 79.9. The van der Waals surface area contributed by atoms with Crippen LogP contribution in [0.5, 0.6) is 0 Å². The molecule has 1 N–H and O–H groups in total. The van der Waals surface area contributed by atoms with Crippen molar-refractivity contribution in [1.29, 1.82) is 0 Å². The molecule has 1 aliphatic heterocycles. The molecule has 1 unspecified atom stereocenters. The molecule has 1 saturated heterocycles. The maximum absolute atomic E-state index is 12.1. The number of rotatable bonds is 8. The van der Waals surface area contributed by atoms with Crippen molar-refractivity contribution in [1.82, 2.24) is 9.78 Å². The Labute approximate surface area is 155 Å². The highest BCUT2D eigenvalue weighted by Gasteiger charge is 2.15. The van der Waals surface area contributed by atoms with Gasteiger partial charge in [-0.05, 0) is 24.5 Å². The molecule has 7 heteroatoms. The lowest BCUT2D eigenvalue weighted by Crippen LogP contribution is -2.20. The maximum atomic E-state index is 12.1. The van der Waals surface area contributed by atoms with Gasteiger partial charge in [0, 0.05) is 17.1 Å². The van der Waals surface area contributed by atoms with Crippen molar-refractivity contribution in [3.8, 4) is 0 Å². The lowest BCUT2D eigenvalue weighted by Gasteiger charge is -2.11. The van der Waals surface area contributed by atoms with Crippen molar-refractivity contribution in [3.63, 3.8) is 0 Å². The molecule has 1 fully saturated rings. The van der Waals surface area contributed by atoms with E-state index in [1.54, 1.807) is 16.9 Å². The minimum Gasteiger partial charge on any atom is -0.378 e. The van der Waals surface area contributed by atoms with Crippen molar-refractivity contribution >= 4 is 27.7 Å². The van der Waals surface area contributed by atoms with E-state index in [1.807, 2.05) is 24.3 Å². The predicted octanol–water partition coefficient (Wildman–Crippen LogP) is 3.22. The second-order valence-corrected chi connectivity index (χ2v) is 6.83. The molecule has 1 amide bonds. The topological polar surface area (TPSA) is 65.4 Å². The van der Waals surface area contributed by atoms with Gasteiger partial charge >= 0.3 is 0 Å².